The zero-order valence-electron chi connectivity index (χ0n) is 16.8. The molecule has 0 aliphatic carbocycles. The van der Waals surface area contributed by atoms with Gasteiger partial charge in [-0.15, -0.1) is 11.3 Å². The van der Waals surface area contributed by atoms with Gasteiger partial charge in [0, 0.05) is 32.7 Å². The summed E-state index contributed by atoms with van der Waals surface area (Å²) in [5.74, 6) is -0.0365. The van der Waals surface area contributed by atoms with E-state index in [1.807, 2.05) is 18.2 Å². The molecule has 0 radical (unpaired) electrons. The molecule has 2 amide bonds. The molecule has 2 aromatic rings. The standard InChI is InChI=1S/C21H28N4O3S/c1-28-14-18(26)23-15-12-21(9-4-5-11-25(21)13-15)20(27)22-10-8-19-24-16-6-2-3-7-17(16)29-19/h2-3,6-7,15H,4-5,8-14H2,1H3,(H,22,27)(H,23,26)/t15-,21-/m0/s1. The molecule has 0 saturated carbocycles. The van der Waals surface area contributed by atoms with E-state index in [-0.39, 0.29) is 24.5 Å². The van der Waals surface area contributed by atoms with Gasteiger partial charge in [0.1, 0.15) is 12.1 Å². The molecule has 2 aliphatic heterocycles. The van der Waals surface area contributed by atoms with Gasteiger partial charge in [-0.25, -0.2) is 4.98 Å². The smallest absolute Gasteiger partial charge is 0.246 e. The Morgan fingerprint density at radius 1 is 1.34 bits per heavy atom. The lowest BCUT2D eigenvalue weighted by atomic mass is 9.84. The number of methoxy groups -OCH3 is 1. The fraction of sp³-hybridized carbons (Fsp3) is 0.571. The number of carbonyl (C=O) groups is 2. The average Bonchev–Trinajstić information content (AvgIpc) is 3.28. The van der Waals surface area contributed by atoms with Crippen LogP contribution in [0.4, 0.5) is 0 Å². The minimum absolute atomic E-state index is 0.00855. The quantitative estimate of drug-likeness (QED) is 0.718. The van der Waals surface area contributed by atoms with Gasteiger partial charge in [-0.2, -0.15) is 0 Å². The van der Waals surface area contributed by atoms with E-state index < -0.39 is 5.54 Å². The number of carbonyl (C=O) groups excluding carboxylic acids is 2. The van der Waals surface area contributed by atoms with E-state index in [4.69, 9.17) is 4.74 Å². The summed E-state index contributed by atoms with van der Waals surface area (Å²) >= 11 is 1.68. The van der Waals surface area contributed by atoms with Gasteiger partial charge < -0.3 is 15.4 Å². The van der Waals surface area contributed by atoms with Gasteiger partial charge in [0.15, 0.2) is 0 Å². The van der Waals surface area contributed by atoms with Crippen LogP contribution in [0, 0.1) is 0 Å². The lowest BCUT2D eigenvalue weighted by Gasteiger charge is -2.40. The molecule has 2 N–H and O–H groups in total. The van der Waals surface area contributed by atoms with Crippen molar-refractivity contribution in [3.63, 3.8) is 0 Å². The van der Waals surface area contributed by atoms with Crippen molar-refractivity contribution in [1.29, 1.82) is 0 Å². The summed E-state index contributed by atoms with van der Waals surface area (Å²) in [5, 5.41) is 7.22. The van der Waals surface area contributed by atoms with Gasteiger partial charge in [-0.05, 0) is 44.4 Å². The van der Waals surface area contributed by atoms with Gasteiger partial charge in [0.25, 0.3) is 0 Å². The molecule has 8 heteroatoms. The van der Waals surface area contributed by atoms with E-state index in [1.165, 1.54) is 11.8 Å². The number of ether oxygens (including phenoxy) is 1. The second kappa shape index (κ2) is 8.77. The van der Waals surface area contributed by atoms with Crippen LogP contribution >= 0.6 is 11.3 Å². The molecule has 2 fully saturated rings. The zero-order chi connectivity index (χ0) is 20.3. The van der Waals surface area contributed by atoms with E-state index in [0.717, 1.165) is 49.3 Å². The largest absolute Gasteiger partial charge is 0.375 e. The molecule has 3 heterocycles. The van der Waals surface area contributed by atoms with Gasteiger partial charge >= 0.3 is 0 Å². The number of aromatic nitrogens is 1. The predicted octanol–water partition coefficient (Wildman–Crippen LogP) is 1.71. The average molecular weight is 417 g/mol. The summed E-state index contributed by atoms with van der Waals surface area (Å²) in [6.07, 6.45) is 4.38. The number of amides is 2. The van der Waals surface area contributed by atoms with Crippen LogP contribution in [0.25, 0.3) is 10.2 Å². The first-order valence-corrected chi connectivity index (χ1v) is 11.1. The highest BCUT2D eigenvalue weighted by Gasteiger charge is 2.52. The van der Waals surface area contributed by atoms with Crippen LogP contribution < -0.4 is 10.6 Å². The lowest BCUT2D eigenvalue weighted by molar-refractivity contribution is -0.134. The van der Waals surface area contributed by atoms with E-state index >= 15 is 0 Å². The topological polar surface area (TPSA) is 83.6 Å². The molecular formula is C21H28N4O3S. The van der Waals surface area contributed by atoms with Crippen molar-refractivity contribution in [2.24, 2.45) is 0 Å². The third-order valence-electron chi connectivity index (χ3n) is 5.92. The van der Waals surface area contributed by atoms with Crippen molar-refractivity contribution in [2.45, 2.75) is 43.7 Å². The van der Waals surface area contributed by atoms with Crippen molar-refractivity contribution in [3.8, 4) is 0 Å². The Bertz CT molecular complexity index is 853. The van der Waals surface area contributed by atoms with Gasteiger partial charge in [-0.1, -0.05) is 12.1 Å². The Balaban J connectivity index is 1.37. The molecule has 4 rings (SSSR count). The van der Waals surface area contributed by atoms with Crippen molar-refractivity contribution < 1.29 is 14.3 Å². The number of hydrogen-bond acceptors (Lipinski definition) is 6. The predicted molar refractivity (Wildman–Crippen MR) is 113 cm³/mol. The van der Waals surface area contributed by atoms with Crippen LogP contribution in [-0.2, 0) is 20.7 Å². The number of nitrogens with one attached hydrogen (secondary N) is 2. The third-order valence-corrected chi connectivity index (χ3v) is 7.02. The van der Waals surface area contributed by atoms with Gasteiger partial charge in [0.2, 0.25) is 11.8 Å². The molecule has 1 aromatic heterocycles. The first-order chi connectivity index (χ1) is 14.1. The minimum Gasteiger partial charge on any atom is -0.375 e. The Kier molecular flexibility index (Phi) is 6.12. The van der Waals surface area contributed by atoms with Crippen molar-refractivity contribution in [2.75, 3.05) is 33.4 Å². The monoisotopic (exact) mass is 416 g/mol. The maximum Gasteiger partial charge on any atom is 0.246 e. The molecule has 0 bridgehead atoms. The second-order valence-corrected chi connectivity index (χ2v) is 9.03. The summed E-state index contributed by atoms with van der Waals surface area (Å²) in [4.78, 5) is 32.0. The fourth-order valence-corrected chi connectivity index (χ4v) is 5.62. The molecule has 2 aliphatic rings. The zero-order valence-corrected chi connectivity index (χ0v) is 17.6. The highest BCUT2D eigenvalue weighted by atomic mass is 32.1. The van der Waals surface area contributed by atoms with Crippen LogP contribution in [0.5, 0.6) is 0 Å². The van der Waals surface area contributed by atoms with Crippen LogP contribution in [-0.4, -0.2) is 66.6 Å². The number of benzene rings is 1. The molecule has 0 spiro atoms. The molecule has 1 aromatic carbocycles. The second-order valence-electron chi connectivity index (χ2n) is 7.92. The van der Waals surface area contributed by atoms with Crippen LogP contribution in [0.1, 0.15) is 30.7 Å². The van der Waals surface area contributed by atoms with E-state index in [9.17, 15) is 9.59 Å². The van der Waals surface area contributed by atoms with E-state index in [0.29, 0.717) is 13.0 Å². The number of hydrogen-bond donors (Lipinski definition) is 2. The molecule has 7 nitrogen and oxygen atoms in total. The minimum atomic E-state index is -0.503. The number of rotatable bonds is 7. The summed E-state index contributed by atoms with van der Waals surface area (Å²) < 4.78 is 6.09. The first kappa shape index (κ1) is 20.3. The molecular weight excluding hydrogens is 388 g/mol. The normalized spacial score (nSPS) is 24.4. The Hall–Kier alpha value is -2.03. The summed E-state index contributed by atoms with van der Waals surface area (Å²) in [6, 6.07) is 8.09. The van der Waals surface area contributed by atoms with Gasteiger partial charge in [-0.3, -0.25) is 14.5 Å². The van der Waals surface area contributed by atoms with Crippen molar-refractivity contribution in [1.82, 2.24) is 20.5 Å². The maximum atomic E-state index is 13.2. The van der Waals surface area contributed by atoms with Crippen LogP contribution in [0.2, 0.25) is 0 Å². The number of para-hydroxylation sites is 1. The number of thiazole rings is 1. The molecule has 2 saturated heterocycles. The fourth-order valence-electron chi connectivity index (χ4n) is 4.65. The molecule has 29 heavy (non-hydrogen) atoms. The summed E-state index contributed by atoms with van der Waals surface area (Å²) in [6.45, 7) is 2.26. The number of piperidine rings is 1. The number of nitrogens with zero attached hydrogens (tertiary/aromatic N) is 2. The Labute approximate surface area is 174 Å². The third kappa shape index (κ3) is 4.29. The molecule has 0 unspecified atom stereocenters. The molecule has 2 atom stereocenters. The van der Waals surface area contributed by atoms with Crippen molar-refractivity contribution >= 4 is 33.4 Å². The Morgan fingerprint density at radius 2 is 2.21 bits per heavy atom. The van der Waals surface area contributed by atoms with Crippen LogP contribution in [0.3, 0.4) is 0 Å². The highest BCUT2D eigenvalue weighted by Crippen LogP contribution is 2.38. The van der Waals surface area contributed by atoms with Crippen molar-refractivity contribution in [3.05, 3.63) is 29.3 Å². The molecule has 156 valence electrons. The SMILES string of the molecule is COCC(=O)N[C@@H]1CN2CCCC[C@@]2(C(=O)NCCc2nc3ccccc3s2)C1. The summed E-state index contributed by atoms with van der Waals surface area (Å²) in [5.41, 5.74) is 0.512. The van der Waals surface area contributed by atoms with E-state index in [1.54, 1.807) is 11.3 Å². The highest BCUT2D eigenvalue weighted by molar-refractivity contribution is 7.18. The lowest BCUT2D eigenvalue weighted by Crippen LogP contribution is -2.57. The van der Waals surface area contributed by atoms with E-state index in [2.05, 4.69) is 26.6 Å². The van der Waals surface area contributed by atoms with Crippen LogP contribution in [0.15, 0.2) is 24.3 Å². The maximum absolute atomic E-state index is 13.2. The number of fused-ring (bicyclic) bond motifs is 2. The Morgan fingerprint density at radius 3 is 3.03 bits per heavy atom. The van der Waals surface area contributed by atoms with Gasteiger partial charge in [0.05, 0.1) is 15.2 Å². The first-order valence-electron chi connectivity index (χ1n) is 10.3. The summed E-state index contributed by atoms with van der Waals surface area (Å²) in [7, 11) is 1.51.